The summed E-state index contributed by atoms with van der Waals surface area (Å²) in [7, 11) is 1.86. The molecule has 0 aliphatic carbocycles. The van der Waals surface area contributed by atoms with Gasteiger partial charge in [-0.1, -0.05) is 18.2 Å². The number of imidazole rings is 1. The first-order valence-electron chi connectivity index (χ1n) is 9.16. The highest BCUT2D eigenvalue weighted by Crippen LogP contribution is 2.28. The van der Waals surface area contributed by atoms with E-state index < -0.39 is 0 Å². The van der Waals surface area contributed by atoms with Gasteiger partial charge in [-0.3, -0.25) is 9.48 Å². The molecule has 4 heterocycles. The van der Waals surface area contributed by atoms with Crippen LogP contribution < -0.4 is 10.9 Å². The molecule has 9 heteroatoms. The van der Waals surface area contributed by atoms with E-state index in [9.17, 15) is 4.79 Å². The lowest BCUT2D eigenvalue weighted by Crippen LogP contribution is -2.16. The van der Waals surface area contributed by atoms with Crippen LogP contribution in [0.5, 0.6) is 0 Å². The summed E-state index contributed by atoms with van der Waals surface area (Å²) in [6.07, 6.45) is 6.70. The highest BCUT2D eigenvalue weighted by molar-refractivity contribution is 5.96. The molecule has 4 aromatic heterocycles. The summed E-state index contributed by atoms with van der Waals surface area (Å²) in [6.45, 7) is 1.96. The third-order valence-electron chi connectivity index (χ3n) is 4.95. The molecular weight excluding hydrogens is 368 g/mol. The van der Waals surface area contributed by atoms with Gasteiger partial charge >= 0.3 is 0 Å². The molecule has 1 atom stereocenters. The standard InChI is InChI=1S/C20H18N8O/c1-11(26-19-17-18(22-9-21-17)23-10-24-19)15-6-12-4-3-5-14(16(12)20(29)27-15)13-7-25-28(2)8-13/h3-11H,1-2H3,(H,27,29)(H2,21,22,23,24,26)/t11-/m1/s1. The van der Waals surface area contributed by atoms with Crippen LogP contribution in [-0.2, 0) is 7.05 Å². The van der Waals surface area contributed by atoms with Crippen molar-refractivity contribution in [3.05, 3.63) is 65.4 Å². The van der Waals surface area contributed by atoms with Crippen LogP contribution in [0.2, 0.25) is 0 Å². The summed E-state index contributed by atoms with van der Waals surface area (Å²) in [5.74, 6) is 0.630. The van der Waals surface area contributed by atoms with E-state index >= 15 is 0 Å². The Morgan fingerprint density at radius 1 is 1.21 bits per heavy atom. The normalized spacial score (nSPS) is 12.5. The van der Waals surface area contributed by atoms with Crippen LogP contribution >= 0.6 is 0 Å². The van der Waals surface area contributed by atoms with E-state index in [1.54, 1.807) is 17.2 Å². The predicted octanol–water partition coefficient (Wildman–Crippen LogP) is 2.77. The van der Waals surface area contributed by atoms with Gasteiger partial charge in [0.2, 0.25) is 0 Å². The number of aromatic amines is 2. The van der Waals surface area contributed by atoms with Crippen molar-refractivity contribution in [3.8, 4) is 11.1 Å². The highest BCUT2D eigenvalue weighted by Gasteiger charge is 2.15. The number of pyridine rings is 1. The maximum absolute atomic E-state index is 13.0. The van der Waals surface area contributed by atoms with Crippen molar-refractivity contribution < 1.29 is 0 Å². The van der Waals surface area contributed by atoms with Crippen LogP contribution in [0, 0.1) is 0 Å². The molecule has 0 amide bonds. The SMILES string of the molecule is C[C@@H](Nc1ncnc2nc[nH]c12)c1cc2cccc(-c3cnn(C)c3)c2c(=O)[nH]1. The molecule has 0 radical (unpaired) electrons. The van der Waals surface area contributed by atoms with Gasteiger partial charge in [-0.25, -0.2) is 15.0 Å². The first kappa shape index (κ1) is 17.1. The molecule has 0 saturated heterocycles. The van der Waals surface area contributed by atoms with Gasteiger partial charge in [0.1, 0.15) is 11.8 Å². The van der Waals surface area contributed by atoms with Crippen LogP contribution in [0.15, 0.2) is 54.1 Å². The van der Waals surface area contributed by atoms with Crippen LogP contribution in [0.4, 0.5) is 5.82 Å². The van der Waals surface area contributed by atoms with E-state index in [2.05, 4.69) is 35.3 Å². The molecule has 0 unspecified atom stereocenters. The fourth-order valence-corrected chi connectivity index (χ4v) is 3.53. The maximum Gasteiger partial charge on any atom is 0.256 e. The van der Waals surface area contributed by atoms with Gasteiger partial charge in [0.05, 0.1) is 24.0 Å². The quantitative estimate of drug-likeness (QED) is 0.437. The Bertz CT molecular complexity index is 1400. The molecule has 0 aliphatic rings. The number of nitrogens with zero attached hydrogens (tertiary/aromatic N) is 5. The predicted molar refractivity (Wildman–Crippen MR) is 110 cm³/mol. The van der Waals surface area contributed by atoms with Gasteiger partial charge in [-0.15, -0.1) is 0 Å². The van der Waals surface area contributed by atoms with Crippen molar-refractivity contribution in [2.45, 2.75) is 13.0 Å². The Labute approximate surface area is 164 Å². The monoisotopic (exact) mass is 386 g/mol. The molecule has 5 aromatic rings. The van der Waals surface area contributed by atoms with Crippen LogP contribution in [0.3, 0.4) is 0 Å². The number of anilines is 1. The Balaban J connectivity index is 1.56. The minimum atomic E-state index is -0.185. The van der Waals surface area contributed by atoms with Gasteiger partial charge in [0.15, 0.2) is 11.5 Å². The zero-order valence-corrected chi connectivity index (χ0v) is 15.8. The fourth-order valence-electron chi connectivity index (χ4n) is 3.53. The molecule has 0 spiro atoms. The lowest BCUT2D eigenvalue weighted by Gasteiger charge is -2.16. The van der Waals surface area contributed by atoms with Gasteiger partial charge in [0.25, 0.3) is 5.56 Å². The first-order valence-corrected chi connectivity index (χ1v) is 9.16. The highest BCUT2D eigenvalue weighted by atomic mass is 16.1. The molecule has 0 fully saturated rings. The van der Waals surface area contributed by atoms with Crippen molar-refractivity contribution >= 4 is 27.8 Å². The largest absolute Gasteiger partial charge is 0.360 e. The average molecular weight is 386 g/mol. The molecule has 0 saturated carbocycles. The number of H-pyrrole nitrogens is 2. The third kappa shape index (κ3) is 2.92. The molecule has 5 rings (SSSR count). The molecule has 9 nitrogen and oxygen atoms in total. The molecule has 3 N–H and O–H groups in total. The van der Waals surface area contributed by atoms with E-state index in [4.69, 9.17) is 0 Å². The van der Waals surface area contributed by atoms with Gasteiger partial charge in [0, 0.05) is 24.5 Å². The number of fused-ring (bicyclic) bond motifs is 2. The summed E-state index contributed by atoms with van der Waals surface area (Å²) in [4.78, 5) is 31.6. The molecular formula is C20H18N8O. The Morgan fingerprint density at radius 2 is 2.10 bits per heavy atom. The van der Waals surface area contributed by atoms with Crippen molar-refractivity contribution in [2.75, 3.05) is 5.32 Å². The Kier molecular flexibility index (Phi) is 3.87. The molecule has 0 aliphatic heterocycles. The second kappa shape index (κ2) is 6.55. The maximum atomic E-state index is 13.0. The number of hydrogen-bond donors (Lipinski definition) is 3. The van der Waals surface area contributed by atoms with Crippen molar-refractivity contribution in [3.63, 3.8) is 0 Å². The molecule has 1 aromatic carbocycles. The van der Waals surface area contributed by atoms with E-state index in [1.165, 1.54) is 6.33 Å². The van der Waals surface area contributed by atoms with Crippen LogP contribution in [-0.4, -0.2) is 34.7 Å². The zero-order chi connectivity index (χ0) is 20.0. The number of rotatable bonds is 4. The average Bonchev–Trinajstić information content (AvgIpc) is 3.37. The molecule has 0 bridgehead atoms. The first-order chi connectivity index (χ1) is 14.1. The third-order valence-corrected chi connectivity index (χ3v) is 4.95. The second-order valence-electron chi connectivity index (χ2n) is 6.92. The summed E-state index contributed by atoms with van der Waals surface area (Å²) < 4.78 is 1.72. The van der Waals surface area contributed by atoms with Crippen molar-refractivity contribution in [2.24, 2.45) is 7.05 Å². The number of aryl methyl sites for hydroxylation is 1. The van der Waals surface area contributed by atoms with Crippen LogP contribution in [0.25, 0.3) is 33.1 Å². The van der Waals surface area contributed by atoms with E-state index in [-0.39, 0.29) is 11.6 Å². The molecule has 29 heavy (non-hydrogen) atoms. The van der Waals surface area contributed by atoms with Crippen molar-refractivity contribution in [1.29, 1.82) is 0 Å². The molecule has 144 valence electrons. The van der Waals surface area contributed by atoms with E-state index in [0.29, 0.717) is 16.9 Å². The lowest BCUT2D eigenvalue weighted by atomic mass is 10.0. The number of hydrogen-bond acceptors (Lipinski definition) is 6. The van der Waals surface area contributed by atoms with E-state index in [1.807, 2.05) is 44.4 Å². The number of benzene rings is 1. The van der Waals surface area contributed by atoms with Gasteiger partial charge < -0.3 is 15.3 Å². The summed E-state index contributed by atoms with van der Waals surface area (Å²) in [5.41, 5.74) is 3.70. The smallest absolute Gasteiger partial charge is 0.256 e. The summed E-state index contributed by atoms with van der Waals surface area (Å²) in [6, 6.07) is 7.63. The summed E-state index contributed by atoms with van der Waals surface area (Å²) >= 11 is 0. The minimum Gasteiger partial charge on any atom is -0.360 e. The van der Waals surface area contributed by atoms with Crippen LogP contribution in [0.1, 0.15) is 18.7 Å². The number of nitrogens with one attached hydrogen (secondary N) is 3. The fraction of sp³-hybridized carbons (Fsp3) is 0.150. The van der Waals surface area contributed by atoms with Crippen molar-refractivity contribution in [1.82, 2.24) is 34.7 Å². The van der Waals surface area contributed by atoms with Gasteiger partial charge in [-0.05, 0) is 23.9 Å². The van der Waals surface area contributed by atoms with Gasteiger partial charge in [-0.2, -0.15) is 5.10 Å². The Hall–Kier alpha value is -4.01. The number of aromatic nitrogens is 7. The second-order valence-corrected chi connectivity index (χ2v) is 6.92. The minimum absolute atomic E-state index is 0.139. The summed E-state index contributed by atoms with van der Waals surface area (Å²) in [5, 5.41) is 9.06. The topological polar surface area (TPSA) is 117 Å². The lowest BCUT2D eigenvalue weighted by molar-refractivity contribution is 0.768. The van der Waals surface area contributed by atoms with E-state index in [0.717, 1.165) is 27.7 Å². The Morgan fingerprint density at radius 3 is 2.93 bits per heavy atom. The zero-order valence-electron chi connectivity index (χ0n) is 15.8.